The molecule has 0 aliphatic heterocycles. The third-order valence-corrected chi connectivity index (χ3v) is 4.77. The van der Waals surface area contributed by atoms with Gasteiger partial charge in [0, 0.05) is 28.6 Å². The summed E-state index contributed by atoms with van der Waals surface area (Å²) in [5, 5.41) is 5.23. The van der Waals surface area contributed by atoms with Crippen LogP contribution in [-0.4, -0.2) is 24.7 Å². The Bertz CT molecular complexity index is 916. The third kappa shape index (κ3) is 5.27. The summed E-state index contributed by atoms with van der Waals surface area (Å²) < 4.78 is 11.3. The molecule has 0 aliphatic rings. The molecule has 3 aromatic rings. The Kier molecular flexibility index (Phi) is 6.95. The standard InChI is InChI=1S/C22H26ClN3O2/c1-15(4-3-11-24)25-20-13-19(27-2)12-17-7-10-21(26-22(17)20)28-14-16-5-8-18(23)9-6-16/h5-10,12-13,15,25H,3-4,11,14,24H2,1-2H3. The fraction of sp³-hybridized carbons (Fsp3) is 0.318. The normalized spacial score (nSPS) is 12.0. The maximum Gasteiger partial charge on any atom is 0.214 e. The van der Waals surface area contributed by atoms with Gasteiger partial charge in [0.2, 0.25) is 5.88 Å². The van der Waals surface area contributed by atoms with E-state index in [-0.39, 0.29) is 6.04 Å². The van der Waals surface area contributed by atoms with Crippen molar-refractivity contribution in [2.75, 3.05) is 19.0 Å². The minimum Gasteiger partial charge on any atom is -0.497 e. The number of pyridine rings is 1. The summed E-state index contributed by atoms with van der Waals surface area (Å²) in [5.74, 6) is 1.36. The van der Waals surface area contributed by atoms with Gasteiger partial charge in [-0.25, -0.2) is 4.98 Å². The van der Waals surface area contributed by atoms with Gasteiger partial charge in [-0.1, -0.05) is 23.7 Å². The molecular weight excluding hydrogens is 374 g/mol. The lowest BCUT2D eigenvalue weighted by molar-refractivity contribution is 0.295. The second-order valence-corrected chi connectivity index (χ2v) is 7.22. The number of hydrogen-bond donors (Lipinski definition) is 2. The van der Waals surface area contributed by atoms with Crippen molar-refractivity contribution in [2.24, 2.45) is 5.73 Å². The van der Waals surface area contributed by atoms with Gasteiger partial charge in [0.15, 0.2) is 0 Å². The highest BCUT2D eigenvalue weighted by atomic mass is 35.5. The van der Waals surface area contributed by atoms with E-state index in [1.807, 2.05) is 48.5 Å². The first-order valence-electron chi connectivity index (χ1n) is 9.41. The molecule has 1 aromatic heterocycles. The van der Waals surface area contributed by atoms with Crippen molar-refractivity contribution in [1.82, 2.24) is 4.98 Å². The second kappa shape index (κ2) is 9.62. The van der Waals surface area contributed by atoms with E-state index in [2.05, 4.69) is 12.2 Å². The van der Waals surface area contributed by atoms with Crippen LogP contribution < -0.4 is 20.5 Å². The summed E-state index contributed by atoms with van der Waals surface area (Å²) in [5.41, 5.74) is 8.45. The van der Waals surface area contributed by atoms with E-state index >= 15 is 0 Å². The monoisotopic (exact) mass is 399 g/mol. The number of nitrogens with zero attached hydrogens (tertiary/aromatic N) is 1. The average Bonchev–Trinajstić information content (AvgIpc) is 2.71. The van der Waals surface area contributed by atoms with Crippen LogP contribution in [0, 0.1) is 0 Å². The van der Waals surface area contributed by atoms with E-state index < -0.39 is 0 Å². The smallest absolute Gasteiger partial charge is 0.214 e. The van der Waals surface area contributed by atoms with E-state index in [0.29, 0.717) is 24.1 Å². The second-order valence-electron chi connectivity index (χ2n) is 6.79. The number of ether oxygens (including phenoxy) is 2. The molecular formula is C22H26ClN3O2. The molecule has 0 radical (unpaired) electrons. The molecule has 1 unspecified atom stereocenters. The number of benzene rings is 2. The number of aromatic nitrogens is 1. The van der Waals surface area contributed by atoms with Crippen LogP contribution in [0.1, 0.15) is 25.3 Å². The van der Waals surface area contributed by atoms with Crippen LogP contribution in [0.25, 0.3) is 10.9 Å². The number of halogens is 1. The fourth-order valence-corrected chi connectivity index (χ4v) is 3.12. The minimum absolute atomic E-state index is 0.277. The van der Waals surface area contributed by atoms with Crippen LogP contribution in [-0.2, 0) is 6.61 Å². The number of methoxy groups -OCH3 is 1. The molecule has 1 heterocycles. The topological polar surface area (TPSA) is 69.4 Å². The van der Waals surface area contributed by atoms with Crippen molar-refractivity contribution in [3.63, 3.8) is 0 Å². The van der Waals surface area contributed by atoms with Crippen LogP contribution in [0.3, 0.4) is 0 Å². The first-order chi connectivity index (χ1) is 13.6. The van der Waals surface area contributed by atoms with Crippen LogP contribution in [0.2, 0.25) is 5.02 Å². The molecule has 5 nitrogen and oxygen atoms in total. The summed E-state index contributed by atoms with van der Waals surface area (Å²) in [4.78, 5) is 4.73. The van der Waals surface area contributed by atoms with Gasteiger partial charge in [-0.05, 0) is 56.1 Å². The Labute approximate surface area is 170 Å². The molecule has 0 amide bonds. The molecule has 2 aromatic carbocycles. The highest BCUT2D eigenvalue weighted by molar-refractivity contribution is 6.30. The lowest BCUT2D eigenvalue weighted by Gasteiger charge is -2.17. The van der Waals surface area contributed by atoms with E-state index in [1.165, 1.54) is 0 Å². The largest absolute Gasteiger partial charge is 0.497 e. The molecule has 0 saturated carbocycles. The summed E-state index contributed by atoms with van der Waals surface area (Å²) in [6.45, 7) is 3.26. The maximum absolute atomic E-state index is 5.93. The first-order valence-corrected chi connectivity index (χ1v) is 9.79. The average molecular weight is 400 g/mol. The Morgan fingerprint density at radius 3 is 2.64 bits per heavy atom. The van der Waals surface area contributed by atoms with Crippen molar-refractivity contribution < 1.29 is 9.47 Å². The molecule has 28 heavy (non-hydrogen) atoms. The Hall–Kier alpha value is -2.50. The number of rotatable bonds is 9. The van der Waals surface area contributed by atoms with Crippen molar-refractivity contribution in [3.05, 3.63) is 59.1 Å². The highest BCUT2D eigenvalue weighted by Gasteiger charge is 2.11. The molecule has 1 atom stereocenters. The van der Waals surface area contributed by atoms with E-state index in [9.17, 15) is 0 Å². The lowest BCUT2D eigenvalue weighted by atomic mass is 10.1. The molecule has 3 rings (SSSR count). The van der Waals surface area contributed by atoms with Crippen LogP contribution in [0.4, 0.5) is 5.69 Å². The van der Waals surface area contributed by atoms with Crippen molar-refractivity contribution in [2.45, 2.75) is 32.4 Å². The Balaban J connectivity index is 1.83. The minimum atomic E-state index is 0.277. The Morgan fingerprint density at radius 1 is 1.14 bits per heavy atom. The summed E-state index contributed by atoms with van der Waals surface area (Å²) in [6, 6.07) is 15.7. The third-order valence-electron chi connectivity index (χ3n) is 4.52. The first kappa shape index (κ1) is 20.2. The molecule has 3 N–H and O–H groups in total. The summed E-state index contributed by atoms with van der Waals surface area (Å²) in [6.07, 6.45) is 1.96. The molecule has 0 aliphatic carbocycles. The summed E-state index contributed by atoms with van der Waals surface area (Å²) in [7, 11) is 1.67. The predicted molar refractivity (Wildman–Crippen MR) is 115 cm³/mol. The quantitative estimate of drug-likeness (QED) is 0.529. The molecule has 0 saturated heterocycles. The van der Waals surface area contributed by atoms with Gasteiger partial charge in [0.05, 0.1) is 18.3 Å². The van der Waals surface area contributed by atoms with Crippen molar-refractivity contribution >= 4 is 28.2 Å². The SMILES string of the molecule is COc1cc(NC(C)CCCN)c2nc(OCc3ccc(Cl)cc3)ccc2c1. The Morgan fingerprint density at radius 2 is 1.93 bits per heavy atom. The van der Waals surface area contributed by atoms with E-state index in [1.54, 1.807) is 7.11 Å². The van der Waals surface area contributed by atoms with Crippen molar-refractivity contribution in [1.29, 1.82) is 0 Å². The number of fused-ring (bicyclic) bond motifs is 1. The van der Waals surface area contributed by atoms with Gasteiger partial charge >= 0.3 is 0 Å². The predicted octanol–water partition coefficient (Wildman–Crippen LogP) is 5.02. The summed E-state index contributed by atoms with van der Waals surface area (Å²) >= 11 is 5.93. The molecule has 0 fully saturated rings. The molecule has 0 bridgehead atoms. The number of nitrogens with two attached hydrogens (primary N) is 1. The lowest BCUT2D eigenvalue weighted by Crippen LogP contribution is -2.17. The fourth-order valence-electron chi connectivity index (χ4n) is 3.00. The van der Waals surface area contributed by atoms with Crippen LogP contribution in [0.15, 0.2) is 48.5 Å². The van der Waals surface area contributed by atoms with Crippen LogP contribution in [0.5, 0.6) is 11.6 Å². The van der Waals surface area contributed by atoms with Gasteiger partial charge in [-0.2, -0.15) is 0 Å². The van der Waals surface area contributed by atoms with Gasteiger partial charge in [0.1, 0.15) is 12.4 Å². The number of hydrogen-bond acceptors (Lipinski definition) is 5. The molecule has 6 heteroatoms. The zero-order chi connectivity index (χ0) is 19.9. The van der Waals surface area contributed by atoms with Crippen molar-refractivity contribution in [3.8, 4) is 11.6 Å². The van der Waals surface area contributed by atoms with Gasteiger partial charge < -0.3 is 20.5 Å². The van der Waals surface area contributed by atoms with Gasteiger partial charge in [0.25, 0.3) is 0 Å². The maximum atomic E-state index is 5.93. The zero-order valence-electron chi connectivity index (χ0n) is 16.2. The van der Waals surface area contributed by atoms with Gasteiger partial charge in [-0.3, -0.25) is 0 Å². The number of nitrogens with one attached hydrogen (secondary N) is 1. The van der Waals surface area contributed by atoms with E-state index in [0.717, 1.165) is 40.7 Å². The zero-order valence-corrected chi connectivity index (χ0v) is 17.0. The highest BCUT2D eigenvalue weighted by Crippen LogP contribution is 2.30. The number of anilines is 1. The van der Waals surface area contributed by atoms with Crippen LogP contribution >= 0.6 is 11.6 Å². The van der Waals surface area contributed by atoms with E-state index in [4.69, 9.17) is 31.8 Å². The molecule has 148 valence electrons. The molecule has 0 spiro atoms. The van der Waals surface area contributed by atoms with Gasteiger partial charge in [-0.15, -0.1) is 0 Å².